The summed E-state index contributed by atoms with van der Waals surface area (Å²) in [5.41, 5.74) is 1.13. The Morgan fingerprint density at radius 2 is 1.96 bits per heavy atom. The van der Waals surface area contributed by atoms with Crippen LogP contribution in [0.15, 0.2) is 42.7 Å². The Labute approximate surface area is 150 Å². The number of amides is 1. The monoisotopic (exact) mass is 340 g/mol. The number of aryl methyl sites for hydroxylation is 1. The summed E-state index contributed by atoms with van der Waals surface area (Å²) in [6.45, 7) is 6.51. The van der Waals surface area contributed by atoms with E-state index in [9.17, 15) is 4.79 Å². The van der Waals surface area contributed by atoms with Gasteiger partial charge in [-0.25, -0.2) is 4.98 Å². The number of nitrogens with zero attached hydrogens (tertiary/aromatic N) is 4. The first kappa shape index (κ1) is 17.7. The predicted molar refractivity (Wildman–Crippen MR) is 99.2 cm³/mol. The molecule has 1 aromatic carbocycles. The van der Waals surface area contributed by atoms with Crippen molar-refractivity contribution in [1.29, 1.82) is 0 Å². The minimum absolute atomic E-state index is 0.0257. The van der Waals surface area contributed by atoms with Crippen LogP contribution in [0, 0.1) is 0 Å². The van der Waals surface area contributed by atoms with Crippen LogP contribution in [0.5, 0.6) is 0 Å². The van der Waals surface area contributed by atoms with Crippen molar-refractivity contribution in [1.82, 2.24) is 19.4 Å². The number of aromatic nitrogens is 2. The lowest BCUT2D eigenvalue weighted by atomic mass is 9.95. The summed E-state index contributed by atoms with van der Waals surface area (Å²) in [5.74, 6) is 1.32. The Morgan fingerprint density at radius 1 is 1.16 bits per heavy atom. The zero-order valence-corrected chi connectivity index (χ0v) is 15.3. The molecule has 1 saturated heterocycles. The Kier molecular flexibility index (Phi) is 5.87. The van der Waals surface area contributed by atoms with E-state index in [1.807, 2.05) is 37.6 Å². The van der Waals surface area contributed by atoms with E-state index in [0.29, 0.717) is 0 Å². The summed E-state index contributed by atoms with van der Waals surface area (Å²) in [5, 5.41) is 0. The highest BCUT2D eigenvalue weighted by atomic mass is 16.2. The number of rotatable bonds is 5. The molecule has 134 valence electrons. The van der Waals surface area contributed by atoms with Gasteiger partial charge in [0.1, 0.15) is 5.82 Å². The lowest BCUT2D eigenvalue weighted by molar-refractivity contribution is -0.132. The van der Waals surface area contributed by atoms with Gasteiger partial charge in [0, 0.05) is 45.6 Å². The van der Waals surface area contributed by atoms with Crippen LogP contribution < -0.4 is 0 Å². The van der Waals surface area contributed by atoms with Crippen molar-refractivity contribution in [2.45, 2.75) is 32.2 Å². The first-order valence-corrected chi connectivity index (χ1v) is 9.21. The van der Waals surface area contributed by atoms with Crippen LogP contribution in [0.3, 0.4) is 0 Å². The summed E-state index contributed by atoms with van der Waals surface area (Å²) < 4.78 is 2.07. The molecular weight excluding hydrogens is 312 g/mol. The highest BCUT2D eigenvalue weighted by Crippen LogP contribution is 2.23. The van der Waals surface area contributed by atoms with Crippen molar-refractivity contribution in [2.75, 3.05) is 26.2 Å². The molecule has 1 aliphatic rings. The molecule has 1 aliphatic heterocycles. The number of hydrogen-bond donors (Lipinski definition) is 0. The fourth-order valence-electron chi connectivity index (χ4n) is 3.56. The first-order valence-electron chi connectivity index (χ1n) is 9.21. The summed E-state index contributed by atoms with van der Waals surface area (Å²) in [6.07, 6.45) is 5.68. The topological polar surface area (TPSA) is 41.4 Å². The van der Waals surface area contributed by atoms with Gasteiger partial charge in [-0.1, -0.05) is 37.3 Å². The van der Waals surface area contributed by atoms with Gasteiger partial charge in [-0.05, 0) is 18.4 Å². The van der Waals surface area contributed by atoms with Gasteiger partial charge in [0.2, 0.25) is 5.91 Å². The highest BCUT2D eigenvalue weighted by Gasteiger charge is 2.26. The Morgan fingerprint density at radius 3 is 2.64 bits per heavy atom. The second kappa shape index (κ2) is 8.30. The smallest absolute Gasteiger partial charge is 0.230 e. The molecule has 1 fully saturated rings. The van der Waals surface area contributed by atoms with Gasteiger partial charge in [-0.15, -0.1) is 0 Å². The standard InChI is InChI=1S/C20H28N4O/c1-3-18(17-8-5-4-6-9-17)20(25)24-12-7-11-23(14-15-24)16-19-21-10-13-22(19)2/h4-6,8-10,13,18H,3,7,11-12,14-16H2,1-2H3/t18-/m1/s1. The van der Waals surface area contributed by atoms with Gasteiger partial charge >= 0.3 is 0 Å². The van der Waals surface area contributed by atoms with Gasteiger partial charge in [0.05, 0.1) is 12.5 Å². The minimum Gasteiger partial charge on any atom is -0.341 e. The molecule has 5 nitrogen and oxygen atoms in total. The largest absolute Gasteiger partial charge is 0.341 e. The van der Waals surface area contributed by atoms with Crippen molar-refractivity contribution in [3.63, 3.8) is 0 Å². The molecule has 1 atom stereocenters. The zero-order chi connectivity index (χ0) is 17.6. The van der Waals surface area contributed by atoms with Crippen molar-refractivity contribution in [3.8, 4) is 0 Å². The van der Waals surface area contributed by atoms with Crippen molar-refractivity contribution >= 4 is 5.91 Å². The summed E-state index contributed by atoms with van der Waals surface area (Å²) in [6, 6.07) is 10.2. The third-order valence-corrected chi connectivity index (χ3v) is 5.09. The molecule has 0 saturated carbocycles. The SMILES string of the molecule is CC[C@@H](C(=O)N1CCCN(Cc2nccn2C)CC1)c1ccccc1. The maximum Gasteiger partial charge on any atom is 0.230 e. The second-order valence-corrected chi connectivity index (χ2v) is 6.78. The molecule has 3 rings (SSSR count). The van der Waals surface area contributed by atoms with E-state index in [2.05, 4.69) is 38.4 Å². The molecule has 25 heavy (non-hydrogen) atoms. The molecule has 0 bridgehead atoms. The predicted octanol–water partition coefficient (Wildman–Crippen LogP) is 2.65. The fourth-order valence-corrected chi connectivity index (χ4v) is 3.56. The van der Waals surface area contributed by atoms with E-state index in [4.69, 9.17) is 0 Å². The zero-order valence-electron chi connectivity index (χ0n) is 15.3. The third kappa shape index (κ3) is 4.28. The second-order valence-electron chi connectivity index (χ2n) is 6.78. The van der Waals surface area contributed by atoms with Crippen LogP contribution in [-0.2, 0) is 18.4 Å². The maximum absolute atomic E-state index is 13.1. The Balaban J connectivity index is 1.62. The van der Waals surface area contributed by atoms with Gasteiger partial charge in [-0.3, -0.25) is 9.69 Å². The lowest BCUT2D eigenvalue weighted by Crippen LogP contribution is -2.38. The molecule has 0 unspecified atom stereocenters. The molecular formula is C20H28N4O. The minimum atomic E-state index is -0.0257. The van der Waals surface area contributed by atoms with E-state index >= 15 is 0 Å². The number of hydrogen-bond acceptors (Lipinski definition) is 3. The highest BCUT2D eigenvalue weighted by molar-refractivity contribution is 5.83. The summed E-state index contributed by atoms with van der Waals surface area (Å²) >= 11 is 0. The molecule has 0 radical (unpaired) electrons. The van der Waals surface area contributed by atoms with Crippen LogP contribution in [0.4, 0.5) is 0 Å². The molecule has 2 heterocycles. The van der Waals surface area contributed by atoms with Gasteiger partial charge in [0.25, 0.3) is 0 Å². The maximum atomic E-state index is 13.1. The summed E-state index contributed by atoms with van der Waals surface area (Å²) in [4.78, 5) is 21.9. The third-order valence-electron chi connectivity index (χ3n) is 5.09. The lowest BCUT2D eigenvalue weighted by Gasteiger charge is -2.26. The Hall–Kier alpha value is -2.14. The Bertz CT molecular complexity index is 682. The van der Waals surface area contributed by atoms with Crippen molar-refractivity contribution in [2.24, 2.45) is 7.05 Å². The average Bonchev–Trinajstić information content (AvgIpc) is 2.89. The number of carbonyl (C=O) groups is 1. The van der Waals surface area contributed by atoms with E-state index in [0.717, 1.165) is 57.0 Å². The van der Waals surface area contributed by atoms with E-state index < -0.39 is 0 Å². The summed E-state index contributed by atoms with van der Waals surface area (Å²) in [7, 11) is 2.03. The molecule has 0 aliphatic carbocycles. The molecule has 5 heteroatoms. The van der Waals surface area contributed by atoms with Crippen LogP contribution >= 0.6 is 0 Å². The van der Waals surface area contributed by atoms with Crippen molar-refractivity contribution in [3.05, 3.63) is 54.1 Å². The number of carbonyl (C=O) groups excluding carboxylic acids is 1. The molecule has 1 amide bonds. The van der Waals surface area contributed by atoms with Crippen molar-refractivity contribution < 1.29 is 4.79 Å². The van der Waals surface area contributed by atoms with E-state index in [-0.39, 0.29) is 11.8 Å². The van der Waals surface area contributed by atoms with Crippen LogP contribution in [0.1, 0.15) is 37.1 Å². The van der Waals surface area contributed by atoms with Gasteiger partial charge in [0.15, 0.2) is 0 Å². The fraction of sp³-hybridized carbons (Fsp3) is 0.500. The van der Waals surface area contributed by atoms with Crippen LogP contribution in [-0.4, -0.2) is 51.4 Å². The van der Waals surface area contributed by atoms with Gasteiger partial charge in [-0.2, -0.15) is 0 Å². The van der Waals surface area contributed by atoms with Gasteiger partial charge < -0.3 is 9.47 Å². The number of benzene rings is 1. The molecule has 0 spiro atoms. The van der Waals surface area contributed by atoms with E-state index in [1.54, 1.807) is 0 Å². The normalized spacial score (nSPS) is 17.3. The molecule has 0 N–H and O–H groups in total. The van der Waals surface area contributed by atoms with E-state index in [1.165, 1.54) is 0 Å². The molecule has 1 aromatic heterocycles. The van der Waals surface area contributed by atoms with Crippen LogP contribution in [0.2, 0.25) is 0 Å². The van der Waals surface area contributed by atoms with Crippen LogP contribution in [0.25, 0.3) is 0 Å². The molecule has 2 aromatic rings. The quantitative estimate of drug-likeness (QED) is 0.840. The first-order chi connectivity index (χ1) is 12.2. The average molecular weight is 340 g/mol. The number of imidazole rings is 1.